The number of benzene rings is 1. The van der Waals surface area contributed by atoms with E-state index in [2.05, 4.69) is 4.74 Å². The Morgan fingerprint density at radius 2 is 2.16 bits per heavy atom. The lowest BCUT2D eigenvalue weighted by Crippen LogP contribution is -2.14. The number of ether oxygens (including phenoxy) is 1. The molecule has 0 unspecified atom stereocenters. The van der Waals surface area contributed by atoms with Gasteiger partial charge in [0.05, 0.1) is 36.7 Å². The lowest BCUT2D eigenvalue weighted by atomic mass is 10.1. The van der Waals surface area contributed by atoms with E-state index >= 15 is 0 Å². The summed E-state index contributed by atoms with van der Waals surface area (Å²) in [5, 5.41) is 8.82. The molecule has 0 radical (unpaired) electrons. The molecule has 0 amide bonds. The number of carbonyl (C=O) groups is 1. The van der Waals surface area contributed by atoms with Crippen molar-refractivity contribution in [1.29, 1.82) is 5.26 Å². The molecular formula is C12H12FNO4S. The minimum absolute atomic E-state index is 0.0902. The summed E-state index contributed by atoms with van der Waals surface area (Å²) in [5.41, 5.74) is 0.190. The molecule has 0 fully saturated rings. The zero-order valence-electron chi connectivity index (χ0n) is 10.2. The molecule has 7 heteroatoms. The molecule has 0 aliphatic rings. The second kappa shape index (κ2) is 6.29. The van der Waals surface area contributed by atoms with Gasteiger partial charge in [-0.05, 0) is 23.8 Å². The number of halogens is 1. The highest BCUT2D eigenvalue weighted by atomic mass is 32.2. The number of sulfone groups is 1. The Morgan fingerprint density at radius 1 is 1.47 bits per heavy atom. The summed E-state index contributed by atoms with van der Waals surface area (Å²) in [6.07, 6.45) is -0.268. The van der Waals surface area contributed by atoms with Gasteiger partial charge in [0.1, 0.15) is 5.82 Å². The summed E-state index contributed by atoms with van der Waals surface area (Å²) < 4.78 is 40.9. The Kier molecular flexibility index (Phi) is 5.01. The highest BCUT2D eigenvalue weighted by Crippen LogP contribution is 2.15. The van der Waals surface area contributed by atoms with Gasteiger partial charge < -0.3 is 4.74 Å². The molecule has 1 aromatic rings. The van der Waals surface area contributed by atoms with E-state index < -0.39 is 33.1 Å². The Morgan fingerprint density at radius 3 is 2.74 bits per heavy atom. The maximum atomic E-state index is 13.0. The zero-order chi connectivity index (χ0) is 14.5. The van der Waals surface area contributed by atoms with E-state index in [1.54, 1.807) is 6.07 Å². The number of hydrogen-bond acceptors (Lipinski definition) is 5. The Bertz CT molecular complexity index is 619. The van der Waals surface area contributed by atoms with E-state index in [4.69, 9.17) is 5.26 Å². The molecule has 0 N–H and O–H groups in total. The monoisotopic (exact) mass is 285 g/mol. The molecule has 102 valence electrons. The second-order valence-corrected chi connectivity index (χ2v) is 6.02. The van der Waals surface area contributed by atoms with Crippen LogP contribution in [0, 0.1) is 17.1 Å². The average Bonchev–Trinajstić information content (AvgIpc) is 2.36. The van der Waals surface area contributed by atoms with Crippen molar-refractivity contribution in [1.82, 2.24) is 0 Å². The molecule has 0 spiro atoms. The van der Waals surface area contributed by atoms with E-state index in [1.165, 1.54) is 6.07 Å². The first-order valence-electron chi connectivity index (χ1n) is 5.33. The van der Waals surface area contributed by atoms with Gasteiger partial charge in [0.15, 0.2) is 9.84 Å². The zero-order valence-corrected chi connectivity index (χ0v) is 11.0. The third-order valence-corrected chi connectivity index (χ3v) is 3.98. The lowest BCUT2D eigenvalue weighted by Gasteiger charge is -2.06. The molecular weight excluding hydrogens is 273 g/mol. The van der Waals surface area contributed by atoms with Crippen LogP contribution in [0.4, 0.5) is 4.39 Å². The van der Waals surface area contributed by atoms with Gasteiger partial charge in [0.25, 0.3) is 0 Å². The maximum Gasteiger partial charge on any atom is 0.306 e. The molecule has 1 rings (SSSR count). The molecule has 0 aliphatic heterocycles. The van der Waals surface area contributed by atoms with Crippen LogP contribution in [0.2, 0.25) is 0 Å². The summed E-state index contributed by atoms with van der Waals surface area (Å²) in [7, 11) is -2.45. The highest BCUT2D eigenvalue weighted by Gasteiger charge is 2.17. The number of methoxy groups -OCH3 is 1. The fraction of sp³-hybridized carbons (Fsp3) is 0.333. The number of nitriles is 1. The minimum atomic E-state index is -3.61. The summed E-state index contributed by atoms with van der Waals surface area (Å²) in [5.74, 6) is -2.13. The van der Waals surface area contributed by atoms with Crippen LogP contribution < -0.4 is 0 Å². The molecule has 1 aromatic carbocycles. The molecule has 0 saturated carbocycles. The van der Waals surface area contributed by atoms with Crippen LogP contribution in [0.25, 0.3) is 0 Å². The van der Waals surface area contributed by atoms with Crippen LogP contribution >= 0.6 is 0 Å². The maximum absolute atomic E-state index is 13.0. The number of esters is 1. The Labute approximate surface area is 110 Å². The van der Waals surface area contributed by atoms with Crippen LogP contribution in [-0.4, -0.2) is 27.2 Å². The SMILES string of the molecule is COC(=O)CCS(=O)(=O)Cc1cc(F)ccc1C#N. The van der Waals surface area contributed by atoms with E-state index in [0.717, 1.165) is 19.2 Å². The smallest absolute Gasteiger partial charge is 0.306 e. The Hall–Kier alpha value is -1.94. The van der Waals surface area contributed by atoms with Crippen LogP contribution in [0.5, 0.6) is 0 Å². The van der Waals surface area contributed by atoms with Crippen molar-refractivity contribution in [2.45, 2.75) is 12.2 Å². The van der Waals surface area contributed by atoms with Crippen LogP contribution in [0.3, 0.4) is 0 Å². The molecule has 0 bridgehead atoms. The van der Waals surface area contributed by atoms with Crippen molar-refractivity contribution < 1.29 is 22.3 Å². The minimum Gasteiger partial charge on any atom is -0.469 e. The third kappa shape index (κ3) is 4.67. The predicted octanol–water partition coefficient (Wildman–Crippen LogP) is 1.18. The lowest BCUT2D eigenvalue weighted by molar-refractivity contribution is -0.140. The number of rotatable bonds is 5. The molecule has 0 aromatic heterocycles. The van der Waals surface area contributed by atoms with E-state index in [-0.39, 0.29) is 17.5 Å². The van der Waals surface area contributed by atoms with Crippen molar-refractivity contribution in [3.63, 3.8) is 0 Å². The van der Waals surface area contributed by atoms with Gasteiger partial charge in [0, 0.05) is 0 Å². The van der Waals surface area contributed by atoms with Crippen LogP contribution in [-0.2, 0) is 25.1 Å². The third-order valence-electron chi connectivity index (χ3n) is 2.41. The number of carbonyl (C=O) groups excluding carboxylic acids is 1. The van der Waals surface area contributed by atoms with Gasteiger partial charge in [-0.3, -0.25) is 4.79 Å². The largest absolute Gasteiger partial charge is 0.469 e. The standard InChI is InChI=1S/C12H12FNO4S/c1-18-12(15)4-5-19(16,17)8-10-6-11(13)3-2-9(10)7-14/h2-3,6H,4-5,8H2,1H3. The first-order valence-corrected chi connectivity index (χ1v) is 7.16. The van der Waals surface area contributed by atoms with Crippen molar-refractivity contribution in [2.75, 3.05) is 12.9 Å². The molecule has 0 saturated heterocycles. The number of nitrogens with zero attached hydrogens (tertiary/aromatic N) is 1. The van der Waals surface area contributed by atoms with Gasteiger partial charge in [-0.2, -0.15) is 5.26 Å². The molecule has 5 nitrogen and oxygen atoms in total. The summed E-state index contributed by atoms with van der Waals surface area (Å²) >= 11 is 0. The van der Waals surface area contributed by atoms with Gasteiger partial charge in [-0.1, -0.05) is 0 Å². The molecule has 0 atom stereocenters. The van der Waals surface area contributed by atoms with Crippen molar-refractivity contribution in [3.8, 4) is 6.07 Å². The molecule has 0 heterocycles. The first kappa shape index (κ1) is 15.1. The fourth-order valence-corrected chi connectivity index (χ4v) is 2.78. The summed E-state index contributed by atoms with van der Waals surface area (Å²) in [6.45, 7) is 0. The highest BCUT2D eigenvalue weighted by molar-refractivity contribution is 7.90. The predicted molar refractivity (Wildman–Crippen MR) is 65.2 cm³/mol. The fourth-order valence-electron chi connectivity index (χ4n) is 1.44. The van der Waals surface area contributed by atoms with E-state index in [9.17, 15) is 17.6 Å². The van der Waals surface area contributed by atoms with E-state index in [1.807, 2.05) is 0 Å². The van der Waals surface area contributed by atoms with Gasteiger partial charge >= 0.3 is 5.97 Å². The molecule has 0 aliphatic carbocycles. The second-order valence-electron chi connectivity index (χ2n) is 3.83. The first-order chi connectivity index (χ1) is 8.88. The topological polar surface area (TPSA) is 84.2 Å². The van der Waals surface area contributed by atoms with Crippen LogP contribution in [0.15, 0.2) is 18.2 Å². The van der Waals surface area contributed by atoms with Crippen LogP contribution in [0.1, 0.15) is 17.5 Å². The van der Waals surface area contributed by atoms with Gasteiger partial charge in [-0.15, -0.1) is 0 Å². The van der Waals surface area contributed by atoms with Gasteiger partial charge in [0.2, 0.25) is 0 Å². The summed E-state index contributed by atoms with van der Waals surface area (Å²) in [4.78, 5) is 10.9. The molecule has 19 heavy (non-hydrogen) atoms. The average molecular weight is 285 g/mol. The van der Waals surface area contributed by atoms with E-state index in [0.29, 0.717) is 0 Å². The summed E-state index contributed by atoms with van der Waals surface area (Å²) in [6, 6.07) is 5.12. The van der Waals surface area contributed by atoms with Gasteiger partial charge in [-0.25, -0.2) is 12.8 Å². The number of hydrogen-bond donors (Lipinski definition) is 0. The quantitative estimate of drug-likeness (QED) is 0.758. The Balaban J connectivity index is 2.87. The normalized spacial score (nSPS) is 10.8. The van der Waals surface area contributed by atoms with Crippen molar-refractivity contribution >= 4 is 15.8 Å². The van der Waals surface area contributed by atoms with Crippen molar-refractivity contribution in [3.05, 3.63) is 35.1 Å². The van der Waals surface area contributed by atoms with Crippen molar-refractivity contribution in [2.24, 2.45) is 0 Å².